The summed E-state index contributed by atoms with van der Waals surface area (Å²) in [6, 6.07) is 10.0. The third-order valence-corrected chi connectivity index (χ3v) is 5.95. The summed E-state index contributed by atoms with van der Waals surface area (Å²) >= 11 is 1.44. The molecule has 0 radical (unpaired) electrons. The van der Waals surface area contributed by atoms with Crippen LogP contribution in [-0.2, 0) is 4.79 Å². The number of thioether (sulfide) groups is 1. The van der Waals surface area contributed by atoms with E-state index in [0.29, 0.717) is 5.75 Å². The van der Waals surface area contributed by atoms with E-state index in [1.54, 1.807) is 0 Å². The standard InChI is InChI=1S/C20H23N5OS/c1-14-18-15(2)25(16-9-5-3-6-10-16)23-19(18)20(22-21-14)27-13-17(26)24-11-7-4-8-12-24/h3,5-6,9-10H,4,7-8,11-13H2,1-2H3. The van der Waals surface area contributed by atoms with Crippen LogP contribution < -0.4 is 0 Å². The van der Waals surface area contributed by atoms with Crippen molar-refractivity contribution in [2.45, 2.75) is 38.1 Å². The van der Waals surface area contributed by atoms with Crippen molar-refractivity contribution >= 4 is 28.6 Å². The number of carbonyl (C=O) groups excluding carboxylic acids is 1. The van der Waals surface area contributed by atoms with Crippen molar-refractivity contribution < 1.29 is 4.79 Å². The lowest BCUT2D eigenvalue weighted by Crippen LogP contribution is -2.36. The number of likely N-dealkylation sites (tertiary alicyclic amines) is 1. The fraction of sp³-hybridized carbons (Fsp3) is 0.400. The van der Waals surface area contributed by atoms with E-state index in [0.717, 1.165) is 58.9 Å². The zero-order valence-corrected chi connectivity index (χ0v) is 16.5. The molecule has 140 valence electrons. The molecule has 0 bridgehead atoms. The average molecular weight is 382 g/mol. The molecule has 3 heterocycles. The monoisotopic (exact) mass is 381 g/mol. The maximum Gasteiger partial charge on any atom is 0.232 e. The molecule has 6 nitrogen and oxygen atoms in total. The number of aromatic nitrogens is 4. The van der Waals surface area contributed by atoms with Crippen LogP contribution in [0.25, 0.3) is 16.6 Å². The zero-order valence-electron chi connectivity index (χ0n) is 15.7. The molecule has 0 spiro atoms. The largest absolute Gasteiger partial charge is 0.342 e. The van der Waals surface area contributed by atoms with Gasteiger partial charge in [0.2, 0.25) is 5.91 Å². The summed E-state index contributed by atoms with van der Waals surface area (Å²) in [6.07, 6.45) is 3.43. The number of amides is 1. The number of benzene rings is 1. The van der Waals surface area contributed by atoms with Crippen LogP contribution in [0, 0.1) is 13.8 Å². The molecular weight excluding hydrogens is 358 g/mol. The topological polar surface area (TPSA) is 63.9 Å². The fourth-order valence-corrected chi connectivity index (χ4v) is 4.41. The van der Waals surface area contributed by atoms with Crippen molar-refractivity contribution in [2.75, 3.05) is 18.8 Å². The van der Waals surface area contributed by atoms with E-state index >= 15 is 0 Å². The Morgan fingerprint density at radius 2 is 1.81 bits per heavy atom. The molecule has 0 saturated carbocycles. The Labute approximate surface area is 163 Å². The van der Waals surface area contributed by atoms with Gasteiger partial charge in [-0.3, -0.25) is 4.79 Å². The first-order valence-electron chi connectivity index (χ1n) is 9.34. The molecule has 4 rings (SSSR count). The summed E-state index contributed by atoms with van der Waals surface area (Å²) in [5, 5.41) is 15.2. The molecular formula is C20H23N5OS. The minimum atomic E-state index is 0.175. The lowest BCUT2D eigenvalue weighted by molar-refractivity contribution is -0.129. The SMILES string of the molecule is Cc1nnc(SCC(=O)N2CCCCC2)c2nn(-c3ccccc3)c(C)c12. The second kappa shape index (κ2) is 7.68. The summed E-state index contributed by atoms with van der Waals surface area (Å²) in [4.78, 5) is 14.5. The molecule has 7 heteroatoms. The predicted octanol–water partition coefficient (Wildman–Crippen LogP) is 3.54. The normalized spacial score (nSPS) is 14.7. The van der Waals surface area contributed by atoms with Crippen molar-refractivity contribution in [3.63, 3.8) is 0 Å². The van der Waals surface area contributed by atoms with Crippen LogP contribution in [0.2, 0.25) is 0 Å². The van der Waals surface area contributed by atoms with E-state index in [-0.39, 0.29) is 5.91 Å². The van der Waals surface area contributed by atoms with Crippen molar-refractivity contribution in [1.29, 1.82) is 0 Å². The summed E-state index contributed by atoms with van der Waals surface area (Å²) in [5.74, 6) is 0.554. The maximum atomic E-state index is 12.5. The molecule has 1 amide bonds. The summed E-state index contributed by atoms with van der Waals surface area (Å²) in [6.45, 7) is 5.74. The number of hydrogen-bond donors (Lipinski definition) is 0. The van der Waals surface area contributed by atoms with Gasteiger partial charge >= 0.3 is 0 Å². The molecule has 1 aromatic carbocycles. The lowest BCUT2D eigenvalue weighted by Gasteiger charge is -2.26. The number of piperidine rings is 1. The van der Waals surface area contributed by atoms with Crippen molar-refractivity contribution in [3.05, 3.63) is 41.7 Å². The van der Waals surface area contributed by atoms with Gasteiger partial charge in [0, 0.05) is 18.5 Å². The molecule has 0 aliphatic carbocycles. The number of carbonyl (C=O) groups is 1. The van der Waals surface area contributed by atoms with Crippen LogP contribution in [0.1, 0.15) is 30.7 Å². The van der Waals surface area contributed by atoms with E-state index in [9.17, 15) is 4.79 Å². The number of rotatable bonds is 4. The first-order chi connectivity index (χ1) is 13.1. The van der Waals surface area contributed by atoms with E-state index < -0.39 is 0 Å². The van der Waals surface area contributed by atoms with Crippen LogP contribution in [-0.4, -0.2) is 49.6 Å². The van der Waals surface area contributed by atoms with Crippen LogP contribution in [0.5, 0.6) is 0 Å². The number of fused-ring (bicyclic) bond motifs is 1. The van der Waals surface area contributed by atoms with Crippen LogP contribution in [0.3, 0.4) is 0 Å². The first kappa shape index (κ1) is 18.0. The molecule has 3 aromatic rings. The molecule has 0 atom stereocenters. The zero-order chi connectivity index (χ0) is 18.8. The van der Waals surface area contributed by atoms with Crippen LogP contribution >= 0.6 is 11.8 Å². The molecule has 27 heavy (non-hydrogen) atoms. The molecule has 1 fully saturated rings. The number of nitrogens with zero attached hydrogens (tertiary/aromatic N) is 5. The molecule has 0 N–H and O–H groups in total. The van der Waals surface area contributed by atoms with E-state index in [2.05, 4.69) is 10.2 Å². The van der Waals surface area contributed by atoms with Gasteiger partial charge in [-0.2, -0.15) is 10.2 Å². The molecule has 2 aromatic heterocycles. The Hall–Kier alpha value is -2.41. The molecule has 1 aliphatic rings. The first-order valence-corrected chi connectivity index (χ1v) is 10.3. The predicted molar refractivity (Wildman–Crippen MR) is 107 cm³/mol. The van der Waals surface area contributed by atoms with Gasteiger partial charge < -0.3 is 4.90 Å². The average Bonchev–Trinajstić information content (AvgIpc) is 3.07. The summed E-state index contributed by atoms with van der Waals surface area (Å²) in [5.41, 5.74) is 3.72. The maximum absolute atomic E-state index is 12.5. The van der Waals surface area contributed by atoms with Gasteiger partial charge in [0.1, 0.15) is 10.5 Å². The highest BCUT2D eigenvalue weighted by Gasteiger charge is 2.20. The fourth-order valence-electron chi connectivity index (χ4n) is 3.59. The Morgan fingerprint density at radius 3 is 2.56 bits per heavy atom. The lowest BCUT2D eigenvalue weighted by atomic mass is 10.1. The highest BCUT2D eigenvalue weighted by molar-refractivity contribution is 8.00. The number of aryl methyl sites for hydroxylation is 2. The van der Waals surface area contributed by atoms with Gasteiger partial charge in [-0.15, -0.1) is 5.10 Å². The van der Waals surface area contributed by atoms with Crippen molar-refractivity contribution in [2.24, 2.45) is 0 Å². The van der Waals surface area contributed by atoms with E-state index in [1.165, 1.54) is 18.2 Å². The summed E-state index contributed by atoms with van der Waals surface area (Å²) in [7, 11) is 0. The Kier molecular flexibility index (Phi) is 5.11. The number of hydrogen-bond acceptors (Lipinski definition) is 5. The molecule has 0 unspecified atom stereocenters. The van der Waals surface area contributed by atoms with Gasteiger partial charge in [-0.25, -0.2) is 4.68 Å². The van der Waals surface area contributed by atoms with Gasteiger partial charge in [-0.1, -0.05) is 30.0 Å². The third-order valence-electron chi connectivity index (χ3n) is 5.01. The Balaban J connectivity index is 1.63. The molecule has 1 saturated heterocycles. The minimum absolute atomic E-state index is 0.175. The van der Waals surface area contributed by atoms with Crippen LogP contribution in [0.4, 0.5) is 0 Å². The van der Waals surface area contributed by atoms with Gasteiger partial charge in [0.15, 0.2) is 0 Å². The van der Waals surface area contributed by atoms with Crippen LogP contribution in [0.15, 0.2) is 35.4 Å². The highest BCUT2D eigenvalue weighted by atomic mass is 32.2. The van der Waals surface area contributed by atoms with E-state index in [1.807, 2.05) is 53.8 Å². The Bertz CT molecular complexity index is 963. The van der Waals surface area contributed by atoms with Gasteiger partial charge in [0.05, 0.1) is 22.8 Å². The third kappa shape index (κ3) is 3.56. The second-order valence-corrected chi connectivity index (χ2v) is 7.84. The van der Waals surface area contributed by atoms with Gasteiger partial charge in [-0.05, 0) is 45.2 Å². The highest BCUT2D eigenvalue weighted by Crippen LogP contribution is 2.30. The smallest absolute Gasteiger partial charge is 0.232 e. The Morgan fingerprint density at radius 1 is 1.07 bits per heavy atom. The second-order valence-electron chi connectivity index (χ2n) is 6.88. The van der Waals surface area contributed by atoms with Gasteiger partial charge in [0.25, 0.3) is 0 Å². The van der Waals surface area contributed by atoms with Crippen molar-refractivity contribution in [1.82, 2.24) is 24.9 Å². The quantitative estimate of drug-likeness (QED) is 0.647. The molecule has 1 aliphatic heterocycles. The summed E-state index contributed by atoms with van der Waals surface area (Å²) < 4.78 is 1.93. The van der Waals surface area contributed by atoms with Crippen molar-refractivity contribution in [3.8, 4) is 5.69 Å². The number of para-hydroxylation sites is 1. The minimum Gasteiger partial charge on any atom is -0.342 e. The van der Waals surface area contributed by atoms with E-state index in [4.69, 9.17) is 5.10 Å².